The summed E-state index contributed by atoms with van der Waals surface area (Å²) in [5.41, 5.74) is 0.538. The van der Waals surface area contributed by atoms with Crippen LogP contribution in [0.15, 0.2) is 34.1 Å². The van der Waals surface area contributed by atoms with Crippen LogP contribution in [0.4, 0.5) is 10.1 Å². The summed E-state index contributed by atoms with van der Waals surface area (Å²) in [5, 5.41) is 17.9. The van der Waals surface area contributed by atoms with Crippen molar-refractivity contribution in [2.45, 2.75) is 13.5 Å². The Labute approximate surface area is 154 Å². The lowest BCUT2D eigenvalue weighted by molar-refractivity contribution is -0.380. The smallest absolute Gasteiger partial charge is 0.324 e. The van der Waals surface area contributed by atoms with Gasteiger partial charge in [-0.3, -0.25) is 25.0 Å². The van der Waals surface area contributed by atoms with E-state index in [1.807, 2.05) is 0 Å². The van der Waals surface area contributed by atoms with Gasteiger partial charge in [0.2, 0.25) is 5.91 Å². The summed E-state index contributed by atoms with van der Waals surface area (Å²) in [6.45, 7) is 1.70. The molecular formula is C15H12N4O5S2. The number of thiophene rings is 1. The van der Waals surface area contributed by atoms with E-state index in [-0.39, 0.29) is 22.3 Å². The Morgan fingerprint density at radius 3 is 2.81 bits per heavy atom. The van der Waals surface area contributed by atoms with Crippen LogP contribution >= 0.6 is 22.7 Å². The predicted molar refractivity (Wildman–Crippen MR) is 96.3 cm³/mol. The number of carbonyl (C=O) groups is 2. The van der Waals surface area contributed by atoms with Gasteiger partial charge in [-0.25, -0.2) is 4.98 Å². The molecule has 3 aromatic heterocycles. The summed E-state index contributed by atoms with van der Waals surface area (Å²) >= 11 is 2.00. The number of hydrogen-bond acceptors (Lipinski definition) is 8. The van der Waals surface area contributed by atoms with Gasteiger partial charge in [0.1, 0.15) is 11.5 Å². The number of nitrogens with zero attached hydrogens (tertiary/aromatic N) is 2. The van der Waals surface area contributed by atoms with Gasteiger partial charge in [-0.05, 0) is 18.2 Å². The second kappa shape index (κ2) is 7.45. The maximum atomic E-state index is 12.1. The molecular weight excluding hydrogens is 380 g/mol. The number of rotatable bonds is 6. The number of hydrogen-bond donors (Lipinski definition) is 2. The van der Waals surface area contributed by atoms with Gasteiger partial charge >= 0.3 is 5.00 Å². The SMILES string of the molecule is CC(=O)NCc1ccc(-c2csc(NC(=O)c3ccc([N+](=O)[O-])s3)n2)o1. The van der Waals surface area contributed by atoms with Crippen LogP contribution in [-0.2, 0) is 11.3 Å². The second-order valence-corrected chi connectivity index (χ2v) is 6.98. The number of carbonyl (C=O) groups excluding carboxylic acids is 2. The van der Waals surface area contributed by atoms with E-state index in [1.165, 1.54) is 30.4 Å². The summed E-state index contributed by atoms with van der Waals surface area (Å²) in [4.78, 5) is 37.7. The number of amides is 2. The Morgan fingerprint density at radius 1 is 1.31 bits per heavy atom. The second-order valence-electron chi connectivity index (χ2n) is 5.06. The summed E-state index contributed by atoms with van der Waals surface area (Å²) in [7, 11) is 0. The van der Waals surface area contributed by atoms with E-state index in [2.05, 4.69) is 15.6 Å². The first-order valence-corrected chi connectivity index (χ1v) is 8.96. The van der Waals surface area contributed by atoms with Crippen molar-refractivity contribution in [2.75, 3.05) is 5.32 Å². The number of nitro groups is 1. The van der Waals surface area contributed by atoms with Gasteiger partial charge in [0.15, 0.2) is 10.9 Å². The van der Waals surface area contributed by atoms with E-state index in [1.54, 1.807) is 17.5 Å². The van der Waals surface area contributed by atoms with Crippen LogP contribution in [0.1, 0.15) is 22.4 Å². The van der Waals surface area contributed by atoms with Gasteiger partial charge < -0.3 is 9.73 Å². The first-order chi connectivity index (χ1) is 12.4. The molecule has 3 heterocycles. The van der Waals surface area contributed by atoms with Gasteiger partial charge in [0.05, 0.1) is 16.3 Å². The molecule has 0 spiro atoms. The van der Waals surface area contributed by atoms with E-state index in [0.717, 1.165) is 11.3 Å². The summed E-state index contributed by atoms with van der Waals surface area (Å²) in [5.74, 6) is 0.471. The summed E-state index contributed by atoms with van der Waals surface area (Å²) in [6, 6.07) is 6.13. The quantitative estimate of drug-likeness (QED) is 0.489. The molecule has 0 fully saturated rings. The van der Waals surface area contributed by atoms with Gasteiger partial charge in [-0.15, -0.1) is 11.3 Å². The van der Waals surface area contributed by atoms with Crippen molar-refractivity contribution >= 4 is 44.6 Å². The lowest BCUT2D eigenvalue weighted by Crippen LogP contribution is -2.18. The zero-order chi connectivity index (χ0) is 18.7. The largest absolute Gasteiger partial charge is 0.458 e. The minimum absolute atomic E-state index is 0.0998. The predicted octanol–water partition coefficient (Wildman–Crippen LogP) is 3.26. The molecule has 0 aliphatic rings. The first-order valence-electron chi connectivity index (χ1n) is 7.27. The number of thiazole rings is 1. The van der Waals surface area contributed by atoms with E-state index < -0.39 is 10.8 Å². The fourth-order valence-corrected chi connectivity index (χ4v) is 3.38. The Kier molecular flexibility index (Phi) is 5.09. The molecule has 3 aromatic rings. The topological polar surface area (TPSA) is 127 Å². The molecule has 2 amide bonds. The Hall–Kier alpha value is -3.05. The molecule has 11 heteroatoms. The minimum Gasteiger partial charge on any atom is -0.458 e. The van der Waals surface area contributed by atoms with Crippen molar-refractivity contribution in [3.63, 3.8) is 0 Å². The standard InChI is InChI=1S/C15H12N4O5S2/c1-8(20)16-6-9-2-3-11(24-9)10-7-25-15(17-10)18-14(21)12-4-5-13(26-12)19(22)23/h2-5,7H,6H2,1H3,(H,16,20)(H,17,18,21). The minimum atomic E-state index is -0.543. The molecule has 0 unspecified atom stereocenters. The third-order valence-corrected chi connectivity index (χ3v) is 4.94. The number of furan rings is 1. The molecule has 26 heavy (non-hydrogen) atoms. The van der Waals surface area contributed by atoms with E-state index in [4.69, 9.17) is 4.42 Å². The Balaban J connectivity index is 1.66. The van der Waals surface area contributed by atoms with Crippen molar-refractivity contribution in [1.29, 1.82) is 0 Å². The normalized spacial score (nSPS) is 10.5. The van der Waals surface area contributed by atoms with E-state index in [0.29, 0.717) is 22.3 Å². The fourth-order valence-electron chi connectivity index (χ4n) is 1.97. The van der Waals surface area contributed by atoms with E-state index in [9.17, 15) is 19.7 Å². The monoisotopic (exact) mass is 392 g/mol. The number of aromatic nitrogens is 1. The zero-order valence-corrected chi connectivity index (χ0v) is 15.0. The number of anilines is 1. The molecule has 2 N–H and O–H groups in total. The average Bonchev–Trinajstić information content (AvgIpc) is 3.32. The van der Waals surface area contributed by atoms with Crippen molar-refractivity contribution in [2.24, 2.45) is 0 Å². The van der Waals surface area contributed by atoms with Crippen LogP contribution in [-0.4, -0.2) is 21.7 Å². The first kappa shape index (κ1) is 17.8. The molecule has 134 valence electrons. The molecule has 0 aliphatic heterocycles. The van der Waals surface area contributed by atoms with Crippen molar-refractivity contribution < 1.29 is 18.9 Å². The molecule has 0 aromatic carbocycles. The molecule has 9 nitrogen and oxygen atoms in total. The van der Waals surface area contributed by atoms with Crippen LogP contribution in [0.3, 0.4) is 0 Å². The maximum Gasteiger partial charge on any atom is 0.324 e. The molecule has 0 saturated carbocycles. The van der Waals surface area contributed by atoms with Crippen LogP contribution in [0.5, 0.6) is 0 Å². The molecule has 0 radical (unpaired) electrons. The average molecular weight is 392 g/mol. The summed E-state index contributed by atoms with van der Waals surface area (Å²) < 4.78 is 5.60. The lowest BCUT2D eigenvalue weighted by atomic mass is 10.3. The lowest BCUT2D eigenvalue weighted by Gasteiger charge is -1.98. The number of nitrogens with one attached hydrogen (secondary N) is 2. The zero-order valence-electron chi connectivity index (χ0n) is 13.3. The highest BCUT2D eigenvalue weighted by molar-refractivity contribution is 7.17. The Morgan fingerprint density at radius 2 is 2.12 bits per heavy atom. The third kappa shape index (κ3) is 4.13. The van der Waals surface area contributed by atoms with Gasteiger partial charge in [0.25, 0.3) is 5.91 Å². The highest BCUT2D eigenvalue weighted by atomic mass is 32.1. The molecule has 3 rings (SSSR count). The fraction of sp³-hybridized carbons (Fsp3) is 0.133. The molecule has 0 aliphatic carbocycles. The maximum absolute atomic E-state index is 12.1. The van der Waals surface area contributed by atoms with Crippen LogP contribution in [0, 0.1) is 10.1 Å². The molecule has 0 saturated heterocycles. The van der Waals surface area contributed by atoms with Gasteiger partial charge in [-0.2, -0.15) is 0 Å². The molecule has 0 bridgehead atoms. The Bertz CT molecular complexity index is 974. The van der Waals surface area contributed by atoms with Gasteiger partial charge in [0, 0.05) is 18.4 Å². The van der Waals surface area contributed by atoms with Crippen LogP contribution in [0.25, 0.3) is 11.5 Å². The van der Waals surface area contributed by atoms with Crippen molar-refractivity contribution in [1.82, 2.24) is 10.3 Å². The van der Waals surface area contributed by atoms with Crippen LogP contribution < -0.4 is 10.6 Å². The highest BCUT2D eigenvalue weighted by Gasteiger charge is 2.17. The summed E-state index contributed by atoms with van der Waals surface area (Å²) in [6.07, 6.45) is 0. The van der Waals surface area contributed by atoms with Crippen LogP contribution in [0.2, 0.25) is 0 Å². The highest BCUT2D eigenvalue weighted by Crippen LogP contribution is 2.28. The van der Waals surface area contributed by atoms with Crippen molar-refractivity contribution in [3.8, 4) is 11.5 Å². The van der Waals surface area contributed by atoms with Crippen molar-refractivity contribution in [3.05, 3.63) is 50.4 Å². The molecule has 0 atom stereocenters. The van der Waals surface area contributed by atoms with Gasteiger partial charge in [-0.1, -0.05) is 11.3 Å². The van der Waals surface area contributed by atoms with E-state index >= 15 is 0 Å². The third-order valence-electron chi connectivity index (χ3n) is 3.15.